The zero-order valence-electron chi connectivity index (χ0n) is 17.0. The van der Waals surface area contributed by atoms with Crippen molar-refractivity contribution in [3.05, 3.63) is 46.2 Å². The third-order valence-electron chi connectivity index (χ3n) is 6.82. The van der Waals surface area contributed by atoms with Crippen molar-refractivity contribution in [3.63, 3.8) is 0 Å². The normalized spacial score (nSPS) is 36.5. The molecule has 6 atom stereocenters. The molecule has 3 aliphatic rings. The highest BCUT2D eigenvalue weighted by Crippen LogP contribution is 2.56. The van der Waals surface area contributed by atoms with Gasteiger partial charge in [0.05, 0.1) is 40.7 Å². The summed E-state index contributed by atoms with van der Waals surface area (Å²) in [4.78, 5) is 38.2. The molecule has 1 aromatic rings. The quantitative estimate of drug-likeness (QED) is 0.240. The summed E-state index contributed by atoms with van der Waals surface area (Å²) in [5.41, 5.74) is -1.86. The number of aliphatic hydroxyl groups is 5. The van der Waals surface area contributed by atoms with Crippen LogP contribution in [0.1, 0.15) is 18.1 Å². The second kappa shape index (κ2) is 6.62. The van der Waals surface area contributed by atoms with Gasteiger partial charge in [0.1, 0.15) is 22.8 Å². The van der Waals surface area contributed by atoms with Crippen LogP contribution in [0.5, 0.6) is 5.75 Å². The van der Waals surface area contributed by atoms with Gasteiger partial charge in [0.15, 0.2) is 11.4 Å². The average molecular weight is 446 g/mol. The smallest absolute Gasteiger partial charge is 0.255 e. The lowest BCUT2D eigenvalue weighted by atomic mass is 9.53. The van der Waals surface area contributed by atoms with Crippen LogP contribution in [0.4, 0.5) is 0 Å². The van der Waals surface area contributed by atoms with Gasteiger partial charge in [-0.3, -0.25) is 14.4 Å². The first-order valence-electron chi connectivity index (χ1n) is 9.71. The molecule has 11 heteroatoms. The molecule has 0 saturated heterocycles. The zero-order valence-corrected chi connectivity index (χ0v) is 17.0. The number of phenolic OH excluding ortho intramolecular Hbond substituents is 1. The molecule has 0 heterocycles. The van der Waals surface area contributed by atoms with Crippen LogP contribution in [-0.2, 0) is 20.0 Å². The van der Waals surface area contributed by atoms with E-state index < -0.39 is 81.1 Å². The standard InChI is InChI=1S/C21H22N2O9/c1-20(31)6-4-3-5-7(24)8(6)14(25)9-11(20)16(27)12-13(23-2)15(26)10(19(22)30)18(29)21(12,32)17(9)28/h3-5,11-13,16,23-25,27,29,31-32H,1-2H3,(H2,22,30)/t11-,12-,13+,16+,20-,21+/m1/s1. The molecule has 1 fully saturated rings. The molecule has 9 N–H and O–H groups in total. The minimum absolute atomic E-state index is 0.00164. The fourth-order valence-corrected chi connectivity index (χ4v) is 5.38. The summed E-state index contributed by atoms with van der Waals surface area (Å²) >= 11 is 0. The van der Waals surface area contributed by atoms with E-state index in [2.05, 4.69) is 5.32 Å². The van der Waals surface area contributed by atoms with E-state index in [-0.39, 0.29) is 11.1 Å². The van der Waals surface area contributed by atoms with Gasteiger partial charge in [-0.25, -0.2) is 0 Å². The molecule has 1 amide bonds. The van der Waals surface area contributed by atoms with E-state index in [4.69, 9.17) is 5.73 Å². The Bertz CT molecular complexity index is 1150. The molecule has 1 aromatic carbocycles. The first-order valence-corrected chi connectivity index (χ1v) is 9.71. The van der Waals surface area contributed by atoms with Crippen molar-refractivity contribution < 1.29 is 45.0 Å². The van der Waals surface area contributed by atoms with Crippen molar-refractivity contribution >= 4 is 23.2 Å². The predicted molar refractivity (Wildman–Crippen MR) is 107 cm³/mol. The molecule has 11 nitrogen and oxygen atoms in total. The number of nitrogens with one attached hydrogen (secondary N) is 1. The fraction of sp³-hybridized carbons (Fsp3) is 0.381. The first kappa shape index (κ1) is 22.0. The molecule has 32 heavy (non-hydrogen) atoms. The lowest BCUT2D eigenvalue weighted by molar-refractivity contribution is -0.176. The van der Waals surface area contributed by atoms with Gasteiger partial charge in [-0.05, 0) is 25.6 Å². The van der Waals surface area contributed by atoms with Crippen LogP contribution in [0.25, 0.3) is 5.76 Å². The van der Waals surface area contributed by atoms with Gasteiger partial charge in [-0.1, -0.05) is 12.1 Å². The second-order valence-corrected chi connectivity index (χ2v) is 8.42. The lowest BCUT2D eigenvalue weighted by Gasteiger charge is -2.54. The number of primary amides is 1. The zero-order chi connectivity index (χ0) is 23.9. The van der Waals surface area contributed by atoms with Crippen LogP contribution in [0.2, 0.25) is 0 Å². The molecular weight excluding hydrogens is 424 g/mol. The number of phenols is 1. The Morgan fingerprint density at radius 2 is 1.78 bits per heavy atom. The van der Waals surface area contributed by atoms with Crippen LogP contribution >= 0.6 is 0 Å². The monoisotopic (exact) mass is 446 g/mol. The van der Waals surface area contributed by atoms with Crippen molar-refractivity contribution in [2.45, 2.75) is 30.3 Å². The van der Waals surface area contributed by atoms with Crippen LogP contribution in [0.3, 0.4) is 0 Å². The topological polar surface area (TPSA) is 211 Å². The predicted octanol–water partition coefficient (Wildman–Crippen LogP) is -1.74. The van der Waals surface area contributed by atoms with E-state index in [1.165, 1.54) is 32.2 Å². The molecule has 0 spiro atoms. The molecule has 170 valence electrons. The number of nitrogens with two attached hydrogens (primary N) is 1. The SMILES string of the molecule is CN[C@@H]1C(=O)C(C(N)=O)=C(O)[C@@]2(O)C(=O)C3=C(O)c4c(O)cccc4[C@@](C)(O)[C@H]3[C@H](O)[C@@H]12. The molecule has 1 saturated carbocycles. The third-order valence-corrected chi connectivity index (χ3v) is 6.82. The maximum Gasteiger partial charge on any atom is 0.255 e. The average Bonchev–Trinajstić information content (AvgIpc) is 2.70. The van der Waals surface area contributed by atoms with Crippen LogP contribution in [-0.4, -0.2) is 72.9 Å². The number of ketones is 2. The highest BCUT2D eigenvalue weighted by atomic mass is 16.4. The first-order chi connectivity index (χ1) is 14.8. The van der Waals surface area contributed by atoms with Gasteiger partial charge in [0.2, 0.25) is 5.78 Å². The lowest BCUT2D eigenvalue weighted by Crippen LogP contribution is -2.71. The number of rotatable bonds is 2. The largest absolute Gasteiger partial charge is 0.508 e. The van der Waals surface area contributed by atoms with Crippen molar-refractivity contribution in [2.24, 2.45) is 17.6 Å². The molecule has 4 rings (SSSR count). The van der Waals surface area contributed by atoms with Gasteiger partial charge < -0.3 is 41.7 Å². The summed E-state index contributed by atoms with van der Waals surface area (Å²) in [6, 6.07) is 2.43. The number of likely N-dealkylation sites (N-methyl/N-ethyl adjacent to an activating group) is 1. The Kier molecular flexibility index (Phi) is 4.55. The van der Waals surface area contributed by atoms with Crippen molar-refractivity contribution in [1.29, 1.82) is 0 Å². The number of aliphatic hydroxyl groups excluding tert-OH is 3. The highest BCUT2D eigenvalue weighted by Gasteiger charge is 2.69. The van der Waals surface area contributed by atoms with Gasteiger partial charge in [0, 0.05) is 0 Å². The summed E-state index contributed by atoms with van der Waals surface area (Å²) < 4.78 is 0. The summed E-state index contributed by atoms with van der Waals surface area (Å²) in [5, 5.41) is 68.3. The molecule has 0 radical (unpaired) electrons. The van der Waals surface area contributed by atoms with Crippen molar-refractivity contribution in [1.82, 2.24) is 5.32 Å². The Labute approximate surface area is 181 Å². The number of amides is 1. The molecule has 0 aliphatic heterocycles. The van der Waals surface area contributed by atoms with Gasteiger partial charge in [-0.15, -0.1) is 0 Å². The van der Waals surface area contributed by atoms with Crippen LogP contribution in [0.15, 0.2) is 35.1 Å². The number of hydrogen-bond donors (Lipinski definition) is 8. The number of fused-ring (bicyclic) bond motifs is 3. The van der Waals surface area contributed by atoms with E-state index in [0.717, 1.165) is 0 Å². The minimum atomic E-state index is -3.02. The van der Waals surface area contributed by atoms with E-state index in [1.54, 1.807) is 0 Å². The number of carbonyl (C=O) groups excluding carboxylic acids is 3. The van der Waals surface area contributed by atoms with E-state index in [1.807, 2.05) is 0 Å². The third kappa shape index (κ3) is 2.36. The molecule has 3 aliphatic carbocycles. The van der Waals surface area contributed by atoms with E-state index in [0.29, 0.717) is 0 Å². The Morgan fingerprint density at radius 1 is 1.16 bits per heavy atom. The summed E-state index contributed by atoms with van der Waals surface area (Å²) in [7, 11) is 1.27. The number of hydrogen-bond acceptors (Lipinski definition) is 10. The van der Waals surface area contributed by atoms with Crippen molar-refractivity contribution in [2.75, 3.05) is 7.05 Å². The van der Waals surface area contributed by atoms with Crippen LogP contribution < -0.4 is 11.1 Å². The Hall–Kier alpha value is -3.25. The van der Waals surface area contributed by atoms with Gasteiger partial charge >= 0.3 is 0 Å². The number of aromatic hydroxyl groups is 1. The van der Waals surface area contributed by atoms with Crippen molar-refractivity contribution in [3.8, 4) is 5.75 Å². The highest BCUT2D eigenvalue weighted by molar-refractivity contribution is 6.24. The Morgan fingerprint density at radius 3 is 2.34 bits per heavy atom. The number of Topliss-reactive ketones (excluding diaryl/α,β-unsaturated/α-hetero) is 2. The number of benzene rings is 1. The summed E-state index contributed by atoms with van der Waals surface area (Å²) in [6.07, 6.45) is -1.88. The van der Waals surface area contributed by atoms with E-state index >= 15 is 0 Å². The van der Waals surface area contributed by atoms with Gasteiger partial charge in [-0.2, -0.15) is 0 Å². The summed E-state index contributed by atoms with van der Waals surface area (Å²) in [6.45, 7) is 1.24. The van der Waals surface area contributed by atoms with E-state index in [9.17, 15) is 45.0 Å². The number of carbonyl (C=O) groups is 3. The maximum atomic E-state index is 13.6. The molecule has 0 unspecified atom stereocenters. The molecule has 0 aromatic heterocycles. The van der Waals surface area contributed by atoms with Crippen LogP contribution in [0, 0.1) is 11.8 Å². The van der Waals surface area contributed by atoms with Gasteiger partial charge in [0.25, 0.3) is 5.91 Å². The summed E-state index contributed by atoms with van der Waals surface area (Å²) in [5.74, 6) is -9.76. The minimum Gasteiger partial charge on any atom is -0.508 e. The Balaban J connectivity index is 2.09. The fourth-order valence-electron chi connectivity index (χ4n) is 5.38. The maximum absolute atomic E-state index is 13.6. The second-order valence-electron chi connectivity index (χ2n) is 8.42. The molecule has 0 bridgehead atoms. The molecular formula is C21H22N2O9.